The van der Waals surface area contributed by atoms with Crippen molar-refractivity contribution in [2.45, 2.75) is 10.9 Å². The summed E-state index contributed by atoms with van der Waals surface area (Å²) in [6, 6.07) is 0. The van der Waals surface area contributed by atoms with E-state index < -0.39 is 0 Å². The minimum atomic E-state index is -0.250. The van der Waals surface area contributed by atoms with E-state index in [4.69, 9.17) is 9.47 Å². The Morgan fingerprint density at radius 2 is 2.07 bits per heavy atom. The summed E-state index contributed by atoms with van der Waals surface area (Å²) >= 11 is 2.96. The van der Waals surface area contributed by atoms with Crippen LogP contribution in [-0.2, 0) is 16.0 Å². The first-order valence-corrected chi connectivity index (χ1v) is 10.6. The molecule has 2 aliphatic heterocycles. The molecule has 0 aromatic carbocycles. The van der Waals surface area contributed by atoms with Gasteiger partial charge in [-0.15, -0.1) is 5.10 Å². The second-order valence-electron chi connectivity index (χ2n) is 6.33. The highest BCUT2D eigenvalue weighted by Crippen LogP contribution is 2.26. The Hall–Kier alpha value is -1.53. The van der Waals surface area contributed by atoms with E-state index in [0.29, 0.717) is 23.7 Å². The molecule has 4 heterocycles. The van der Waals surface area contributed by atoms with Crippen molar-refractivity contribution in [3.05, 3.63) is 21.6 Å². The predicted octanol–water partition coefficient (Wildman–Crippen LogP) is 0.178. The van der Waals surface area contributed by atoms with E-state index in [1.807, 2.05) is 0 Å². The van der Waals surface area contributed by atoms with Crippen molar-refractivity contribution in [1.29, 1.82) is 0 Å². The Labute approximate surface area is 164 Å². The maximum atomic E-state index is 12.7. The van der Waals surface area contributed by atoms with Crippen molar-refractivity contribution < 1.29 is 14.3 Å². The molecule has 146 valence electrons. The lowest BCUT2D eigenvalue weighted by Gasteiger charge is -2.25. The zero-order valence-corrected chi connectivity index (χ0v) is 16.7. The lowest BCUT2D eigenvalue weighted by Crippen LogP contribution is -2.37. The monoisotopic (exact) mass is 411 g/mol. The van der Waals surface area contributed by atoms with Crippen LogP contribution >= 0.6 is 23.1 Å². The minimum absolute atomic E-state index is 0.212. The molecule has 0 N–H and O–H groups in total. The van der Waals surface area contributed by atoms with Crippen molar-refractivity contribution in [2.75, 3.05) is 58.9 Å². The SMILES string of the molecule is COCCN1Cc2c(nc3sc(SCCN4CCOCC4)nn3c2=O)C1=O. The maximum Gasteiger partial charge on any atom is 0.281 e. The Balaban J connectivity index is 1.47. The first-order chi connectivity index (χ1) is 13.2. The molecule has 0 radical (unpaired) electrons. The van der Waals surface area contributed by atoms with Gasteiger partial charge in [0, 0.05) is 39.0 Å². The highest BCUT2D eigenvalue weighted by Gasteiger charge is 2.32. The zero-order valence-electron chi connectivity index (χ0n) is 15.0. The first kappa shape index (κ1) is 18.8. The molecule has 4 rings (SSSR count). The fraction of sp³-hybridized carbons (Fsp3) is 0.625. The topological polar surface area (TPSA) is 89.3 Å². The van der Waals surface area contributed by atoms with Crippen LogP contribution in [0.5, 0.6) is 0 Å². The van der Waals surface area contributed by atoms with E-state index >= 15 is 0 Å². The van der Waals surface area contributed by atoms with Gasteiger partial charge in [0.05, 0.1) is 31.9 Å². The lowest BCUT2D eigenvalue weighted by molar-refractivity contribution is 0.0410. The molecule has 2 aromatic heterocycles. The summed E-state index contributed by atoms with van der Waals surface area (Å²) in [5, 5.41) is 4.41. The predicted molar refractivity (Wildman–Crippen MR) is 102 cm³/mol. The highest BCUT2D eigenvalue weighted by molar-refractivity contribution is 8.01. The van der Waals surface area contributed by atoms with Crippen molar-refractivity contribution >= 4 is 34.0 Å². The van der Waals surface area contributed by atoms with Crippen LogP contribution in [0, 0.1) is 0 Å². The van der Waals surface area contributed by atoms with Crippen LogP contribution in [0.15, 0.2) is 9.13 Å². The number of thioether (sulfide) groups is 1. The summed E-state index contributed by atoms with van der Waals surface area (Å²) in [5.41, 5.74) is 0.424. The number of morpholine rings is 1. The van der Waals surface area contributed by atoms with Crippen LogP contribution in [0.3, 0.4) is 0 Å². The second-order valence-corrected chi connectivity index (χ2v) is 8.63. The van der Waals surface area contributed by atoms with Crippen LogP contribution in [0.25, 0.3) is 4.96 Å². The summed E-state index contributed by atoms with van der Waals surface area (Å²) in [6.45, 7) is 5.57. The summed E-state index contributed by atoms with van der Waals surface area (Å²) in [7, 11) is 1.58. The molecule has 1 saturated heterocycles. The number of hydrogen-bond donors (Lipinski definition) is 0. The molecule has 9 nitrogen and oxygen atoms in total. The number of hydrogen-bond acceptors (Lipinski definition) is 9. The molecule has 0 bridgehead atoms. The van der Waals surface area contributed by atoms with Crippen LogP contribution in [0.2, 0.25) is 0 Å². The number of methoxy groups -OCH3 is 1. The van der Waals surface area contributed by atoms with E-state index in [0.717, 1.165) is 42.9 Å². The molecule has 0 unspecified atom stereocenters. The van der Waals surface area contributed by atoms with Gasteiger partial charge in [0.1, 0.15) is 5.69 Å². The molecular formula is C16H21N5O4S2. The number of aromatic nitrogens is 3. The van der Waals surface area contributed by atoms with Gasteiger partial charge in [0.15, 0.2) is 4.34 Å². The summed E-state index contributed by atoms with van der Waals surface area (Å²) in [4.78, 5) is 34.1. The molecule has 1 amide bonds. The third-order valence-electron chi connectivity index (χ3n) is 4.63. The first-order valence-electron chi connectivity index (χ1n) is 8.81. The van der Waals surface area contributed by atoms with Crippen LogP contribution in [0.1, 0.15) is 16.1 Å². The number of fused-ring (bicyclic) bond motifs is 2. The van der Waals surface area contributed by atoms with Gasteiger partial charge in [-0.2, -0.15) is 4.52 Å². The number of carbonyl (C=O) groups excluding carboxylic acids is 1. The van der Waals surface area contributed by atoms with Crippen molar-refractivity contribution in [3.63, 3.8) is 0 Å². The Bertz CT molecular complexity index is 893. The molecule has 0 saturated carbocycles. The smallest absolute Gasteiger partial charge is 0.281 e. The summed E-state index contributed by atoms with van der Waals surface area (Å²) < 4.78 is 12.5. The molecule has 1 fully saturated rings. The van der Waals surface area contributed by atoms with Gasteiger partial charge in [-0.25, -0.2) is 4.98 Å². The van der Waals surface area contributed by atoms with Crippen LogP contribution in [0.4, 0.5) is 0 Å². The van der Waals surface area contributed by atoms with Gasteiger partial charge < -0.3 is 14.4 Å². The fourth-order valence-electron chi connectivity index (χ4n) is 3.12. The van der Waals surface area contributed by atoms with Gasteiger partial charge in [-0.3, -0.25) is 14.5 Å². The standard InChI is InChI=1S/C16H21N5O4S2/c1-24-6-4-20-10-11-12(14(20)23)17-15-21(13(11)22)18-16(27-15)26-9-5-19-2-7-25-8-3-19/h2-10H2,1H3. The molecule has 27 heavy (non-hydrogen) atoms. The van der Waals surface area contributed by atoms with Gasteiger partial charge in [0.25, 0.3) is 11.5 Å². The number of carbonyl (C=O) groups is 1. The van der Waals surface area contributed by atoms with Gasteiger partial charge in [-0.05, 0) is 0 Å². The van der Waals surface area contributed by atoms with Gasteiger partial charge in [-0.1, -0.05) is 23.1 Å². The molecular weight excluding hydrogens is 390 g/mol. The second kappa shape index (κ2) is 8.23. The van der Waals surface area contributed by atoms with Crippen LogP contribution < -0.4 is 5.56 Å². The fourth-order valence-corrected chi connectivity index (χ4v) is 5.12. The number of ether oxygens (including phenoxy) is 2. The Morgan fingerprint density at radius 3 is 2.85 bits per heavy atom. The summed E-state index contributed by atoms with van der Waals surface area (Å²) in [6.07, 6.45) is 0. The Morgan fingerprint density at radius 1 is 1.26 bits per heavy atom. The normalized spacial score (nSPS) is 17.8. The van der Waals surface area contributed by atoms with E-state index in [9.17, 15) is 9.59 Å². The number of rotatable bonds is 7. The third-order valence-corrected chi connectivity index (χ3v) is 6.65. The Kier molecular flexibility index (Phi) is 5.74. The van der Waals surface area contributed by atoms with Crippen molar-refractivity contribution in [3.8, 4) is 0 Å². The van der Waals surface area contributed by atoms with Crippen molar-refractivity contribution in [2.24, 2.45) is 0 Å². The molecule has 2 aromatic rings. The van der Waals surface area contributed by atoms with Crippen molar-refractivity contribution in [1.82, 2.24) is 24.4 Å². The van der Waals surface area contributed by atoms with E-state index in [1.165, 1.54) is 15.9 Å². The molecule has 2 aliphatic rings. The number of nitrogens with zero attached hydrogens (tertiary/aromatic N) is 5. The largest absolute Gasteiger partial charge is 0.383 e. The van der Waals surface area contributed by atoms with E-state index in [1.54, 1.807) is 23.8 Å². The third kappa shape index (κ3) is 3.87. The minimum Gasteiger partial charge on any atom is -0.383 e. The van der Waals surface area contributed by atoms with Gasteiger partial charge >= 0.3 is 0 Å². The molecule has 0 aliphatic carbocycles. The quantitative estimate of drug-likeness (QED) is 0.596. The molecule has 0 atom stereocenters. The lowest BCUT2D eigenvalue weighted by atomic mass is 10.3. The average Bonchev–Trinajstić information content (AvgIpc) is 3.23. The highest BCUT2D eigenvalue weighted by atomic mass is 32.2. The van der Waals surface area contributed by atoms with Gasteiger partial charge in [0.2, 0.25) is 4.96 Å². The van der Waals surface area contributed by atoms with E-state index in [-0.39, 0.29) is 23.7 Å². The van der Waals surface area contributed by atoms with E-state index in [2.05, 4.69) is 15.0 Å². The van der Waals surface area contributed by atoms with Crippen LogP contribution in [-0.4, -0.2) is 89.2 Å². The molecule has 11 heteroatoms. The molecule has 0 spiro atoms. The maximum absolute atomic E-state index is 12.7. The zero-order chi connectivity index (χ0) is 18.8. The average molecular weight is 412 g/mol. The summed E-state index contributed by atoms with van der Waals surface area (Å²) in [5.74, 6) is 0.675. The number of amides is 1.